The van der Waals surface area contributed by atoms with Gasteiger partial charge in [-0.05, 0) is 70.6 Å². The summed E-state index contributed by atoms with van der Waals surface area (Å²) in [5, 5.41) is 0. The summed E-state index contributed by atoms with van der Waals surface area (Å²) in [6, 6.07) is 0. The van der Waals surface area contributed by atoms with E-state index in [1.165, 1.54) is 244 Å². The van der Waals surface area contributed by atoms with Crippen molar-refractivity contribution < 1.29 is 42.1 Å². The highest BCUT2D eigenvalue weighted by Crippen LogP contribution is 2.43. The summed E-state index contributed by atoms with van der Waals surface area (Å²) < 4.78 is 34.6. The van der Waals surface area contributed by atoms with Crippen LogP contribution in [0.3, 0.4) is 0 Å². The first-order valence-corrected chi connectivity index (χ1v) is 35.2. The lowest BCUT2D eigenvalue weighted by molar-refractivity contribution is -0.870. The van der Waals surface area contributed by atoms with Gasteiger partial charge in [-0.15, -0.1) is 0 Å². The number of quaternary nitrogens is 1. The van der Waals surface area contributed by atoms with Gasteiger partial charge in [-0.1, -0.05) is 288 Å². The highest BCUT2D eigenvalue weighted by Gasteiger charge is 2.27. The largest absolute Gasteiger partial charge is 0.472 e. The van der Waals surface area contributed by atoms with Crippen LogP contribution in [-0.4, -0.2) is 74.9 Å². The van der Waals surface area contributed by atoms with E-state index in [9.17, 15) is 19.0 Å². The average molecular weight is 1120 g/mol. The second-order valence-electron chi connectivity index (χ2n) is 24.2. The van der Waals surface area contributed by atoms with E-state index in [1.54, 1.807) is 0 Å². The molecule has 78 heavy (non-hydrogen) atoms. The van der Waals surface area contributed by atoms with Crippen molar-refractivity contribution in [3.8, 4) is 0 Å². The van der Waals surface area contributed by atoms with Crippen LogP contribution in [0.15, 0.2) is 36.5 Å². The normalized spacial score (nSPS) is 13.4. The Balaban J connectivity index is 3.85. The molecule has 1 N–H and O–H groups in total. The van der Waals surface area contributed by atoms with Gasteiger partial charge in [-0.25, -0.2) is 4.57 Å². The Kier molecular flexibility index (Phi) is 58.5. The molecule has 0 bridgehead atoms. The smallest absolute Gasteiger partial charge is 0.462 e. The fourth-order valence-electron chi connectivity index (χ4n) is 9.93. The molecule has 0 heterocycles. The first-order valence-electron chi connectivity index (χ1n) is 33.7. The average Bonchev–Trinajstić information content (AvgIpc) is 3.41. The van der Waals surface area contributed by atoms with Crippen LogP contribution in [0.25, 0.3) is 0 Å². The van der Waals surface area contributed by atoms with Crippen LogP contribution in [0.1, 0.15) is 335 Å². The number of rotatable bonds is 63. The van der Waals surface area contributed by atoms with Gasteiger partial charge >= 0.3 is 19.8 Å². The lowest BCUT2D eigenvalue weighted by atomic mass is 10.0. The molecule has 0 aromatic carbocycles. The van der Waals surface area contributed by atoms with Gasteiger partial charge in [0.1, 0.15) is 19.8 Å². The van der Waals surface area contributed by atoms with E-state index in [4.69, 9.17) is 18.5 Å². The summed E-state index contributed by atoms with van der Waals surface area (Å²) in [5.41, 5.74) is 0. The number of ether oxygens (including phenoxy) is 2. The van der Waals surface area contributed by atoms with Gasteiger partial charge in [0.25, 0.3) is 0 Å². The highest BCUT2D eigenvalue weighted by molar-refractivity contribution is 7.47. The molecule has 2 atom stereocenters. The third-order valence-corrected chi connectivity index (χ3v) is 16.1. The third-order valence-electron chi connectivity index (χ3n) is 15.1. The molecule has 0 spiro atoms. The molecular formula is C68H131NO8P+. The number of hydrogen-bond donors (Lipinski definition) is 1. The Morgan fingerprint density at radius 3 is 1.05 bits per heavy atom. The van der Waals surface area contributed by atoms with Crippen LogP contribution in [0.5, 0.6) is 0 Å². The number of likely N-dealkylation sites (N-methyl/N-ethyl adjacent to an activating group) is 1. The predicted molar refractivity (Wildman–Crippen MR) is 335 cm³/mol. The number of hydrogen-bond acceptors (Lipinski definition) is 7. The number of carbonyl (C=O) groups is 2. The SMILES string of the molecule is CCCCC/C=C\C/C=C\CCCCCCCC(=O)OC(COC(=O)CCCCCCCCCCCCCCCCCCCCCCCCCCCCC/C=C\CCCCCCCCCC)COP(=O)(O)OCC[N+](C)(C)C. The first kappa shape index (κ1) is 76.2. The number of esters is 2. The van der Waals surface area contributed by atoms with Crippen molar-refractivity contribution in [1.82, 2.24) is 0 Å². The van der Waals surface area contributed by atoms with Gasteiger partial charge in [0, 0.05) is 12.8 Å². The number of phosphoric ester groups is 1. The fourth-order valence-corrected chi connectivity index (χ4v) is 10.7. The Morgan fingerprint density at radius 1 is 0.397 bits per heavy atom. The summed E-state index contributed by atoms with van der Waals surface area (Å²) in [6.45, 7) is 4.43. The minimum atomic E-state index is -4.39. The maximum atomic E-state index is 12.8. The molecule has 0 amide bonds. The van der Waals surface area contributed by atoms with E-state index in [0.29, 0.717) is 23.9 Å². The zero-order chi connectivity index (χ0) is 57.0. The van der Waals surface area contributed by atoms with E-state index in [2.05, 4.69) is 50.3 Å². The molecule has 0 aromatic rings. The molecule has 0 aliphatic heterocycles. The number of carbonyl (C=O) groups excluding carboxylic acids is 2. The lowest BCUT2D eigenvalue weighted by Gasteiger charge is -2.24. The Hall–Kier alpha value is -1.77. The van der Waals surface area contributed by atoms with Crippen molar-refractivity contribution in [3.63, 3.8) is 0 Å². The molecular weight excluding hydrogens is 990 g/mol. The van der Waals surface area contributed by atoms with E-state index in [-0.39, 0.29) is 25.6 Å². The maximum Gasteiger partial charge on any atom is 0.472 e. The Bertz CT molecular complexity index is 1410. The van der Waals surface area contributed by atoms with E-state index < -0.39 is 26.5 Å². The molecule has 0 radical (unpaired) electrons. The second kappa shape index (κ2) is 59.8. The quantitative estimate of drug-likeness (QED) is 0.0211. The zero-order valence-corrected chi connectivity index (χ0v) is 53.3. The van der Waals surface area contributed by atoms with Crippen molar-refractivity contribution in [2.75, 3.05) is 47.5 Å². The van der Waals surface area contributed by atoms with Crippen LogP contribution in [-0.2, 0) is 32.7 Å². The topological polar surface area (TPSA) is 108 Å². The van der Waals surface area contributed by atoms with Crippen LogP contribution in [0.4, 0.5) is 0 Å². The summed E-state index contributed by atoms with van der Waals surface area (Å²) in [4.78, 5) is 35.7. The summed E-state index contributed by atoms with van der Waals surface area (Å²) in [5.74, 6) is -0.799. The maximum absolute atomic E-state index is 12.8. The standard InChI is InChI=1S/C68H130NO8P/c1-6-8-10-12-14-16-18-20-22-23-24-25-26-27-28-29-30-31-32-33-34-35-36-37-38-39-40-41-42-43-44-45-47-48-50-52-54-56-58-60-67(70)74-64-66(65-76-78(72,73)75-63-62-69(3,4)5)77-68(71)61-59-57-55-53-51-49-46-21-19-17-15-13-11-9-7-2/h15,17,21,23-24,46,66H,6-14,16,18-20,22,25-45,47-65H2,1-5H3/p+1/b17-15-,24-23-,46-21-. The van der Waals surface area contributed by atoms with Crippen molar-refractivity contribution in [3.05, 3.63) is 36.5 Å². The molecule has 0 aliphatic rings. The van der Waals surface area contributed by atoms with Crippen LogP contribution in [0.2, 0.25) is 0 Å². The number of nitrogens with zero attached hydrogens (tertiary/aromatic N) is 1. The molecule has 0 aromatic heterocycles. The fraction of sp³-hybridized carbons (Fsp3) is 0.882. The number of phosphoric acid groups is 1. The molecule has 0 saturated heterocycles. The van der Waals surface area contributed by atoms with Gasteiger partial charge in [-0.3, -0.25) is 18.6 Å². The van der Waals surface area contributed by atoms with Gasteiger partial charge in [0.2, 0.25) is 0 Å². The molecule has 460 valence electrons. The summed E-state index contributed by atoms with van der Waals surface area (Å²) in [7, 11) is 1.48. The van der Waals surface area contributed by atoms with Crippen molar-refractivity contribution >= 4 is 19.8 Å². The van der Waals surface area contributed by atoms with Gasteiger partial charge < -0.3 is 18.9 Å². The van der Waals surface area contributed by atoms with E-state index in [0.717, 1.165) is 57.8 Å². The first-order chi connectivity index (χ1) is 38.0. The minimum Gasteiger partial charge on any atom is -0.462 e. The van der Waals surface area contributed by atoms with E-state index in [1.807, 2.05) is 21.1 Å². The molecule has 0 saturated carbocycles. The predicted octanol–water partition coefficient (Wildman–Crippen LogP) is 21.5. The van der Waals surface area contributed by atoms with E-state index >= 15 is 0 Å². The van der Waals surface area contributed by atoms with Crippen molar-refractivity contribution in [1.29, 1.82) is 0 Å². The van der Waals surface area contributed by atoms with Crippen LogP contribution < -0.4 is 0 Å². The van der Waals surface area contributed by atoms with Gasteiger partial charge in [-0.2, -0.15) is 0 Å². The third kappa shape index (κ3) is 63.4. The monoisotopic (exact) mass is 1120 g/mol. The summed E-state index contributed by atoms with van der Waals surface area (Å²) >= 11 is 0. The number of allylic oxidation sites excluding steroid dienone is 6. The number of unbranched alkanes of at least 4 members (excludes halogenated alkanes) is 43. The highest BCUT2D eigenvalue weighted by atomic mass is 31.2. The Morgan fingerprint density at radius 2 is 0.692 bits per heavy atom. The van der Waals surface area contributed by atoms with Crippen molar-refractivity contribution in [2.24, 2.45) is 0 Å². The molecule has 10 heteroatoms. The molecule has 9 nitrogen and oxygen atoms in total. The van der Waals surface area contributed by atoms with Crippen molar-refractivity contribution in [2.45, 2.75) is 341 Å². The molecule has 0 fully saturated rings. The lowest BCUT2D eigenvalue weighted by Crippen LogP contribution is -2.37. The van der Waals surface area contributed by atoms with Gasteiger partial charge in [0.15, 0.2) is 6.10 Å². The Labute approximate surface area is 484 Å². The minimum absolute atomic E-state index is 0.0305. The molecule has 0 rings (SSSR count). The van der Waals surface area contributed by atoms with Gasteiger partial charge in [0.05, 0.1) is 27.7 Å². The molecule has 2 unspecified atom stereocenters. The van der Waals surface area contributed by atoms with Crippen LogP contribution in [0, 0.1) is 0 Å². The summed E-state index contributed by atoms with van der Waals surface area (Å²) in [6.07, 6.45) is 75.6. The second-order valence-corrected chi connectivity index (χ2v) is 25.7. The zero-order valence-electron chi connectivity index (χ0n) is 52.4. The molecule has 0 aliphatic carbocycles. The van der Waals surface area contributed by atoms with Crippen LogP contribution >= 0.6 is 7.82 Å².